The van der Waals surface area contributed by atoms with Crippen LogP contribution in [-0.2, 0) is 0 Å². The van der Waals surface area contributed by atoms with E-state index in [0.29, 0.717) is 0 Å². The summed E-state index contributed by atoms with van der Waals surface area (Å²) in [6.45, 7) is 3.99. The van der Waals surface area contributed by atoms with E-state index in [4.69, 9.17) is 0 Å². The Balaban J connectivity index is 2.20. The molecule has 0 atom stereocenters. The van der Waals surface area contributed by atoms with Gasteiger partial charge < -0.3 is 0 Å². The molecule has 0 aliphatic carbocycles. The van der Waals surface area contributed by atoms with E-state index in [1.54, 1.807) is 0 Å². The van der Waals surface area contributed by atoms with Gasteiger partial charge in [0, 0.05) is 0 Å². The van der Waals surface area contributed by atoms with Crippen molar-refractivity contribution in [1.29, 1.82) is 0 Å². The quantitative estimate of drug-likeness (QED) is 0.645. The minimum atomic E-state index is -2.02. The second-order valence-corrected chi connectivity index (χ2v) is 11.0. The number of hydrogen-bond acceptors (Lipinski definition) is 0. The van der Waals surface area contributed by atoms with Crippen molar-refractivity contribution in [3.63, 3.8) is 0 Å². The first-order chi connectivity index (χ1) is 10.4. The van der Waals surface area contributed by atoms with Crippen LogP contribution >= 0.6 is 0 Å². The molecule has 0 spiro atoms. The topological polar surface area (TPSA) is 0 Å². The van der Waals surface area contributed by atoms with Gasteiger partial charge in [-0.2, -0.15) is 0 Å². The number of rotatable bonds is 4. The van der Waals surface area contributed by atoms with E-state index in [9.17, 15) is 0 Å². The Morgan fingerprint density at radius 3 is 1.62 bits per heavy atom. The summed E-state index contributed by atoms with van der Waals surface area (Å²) >= 11 is -2.02. The second-order valence-electron chi connectivity index (χ2n) is 5.09. The molecule has 0 radical (unpaired) electrons. The molecule has 102 valence electrons. The van der Waals surface area contributed by atoms with Gasteiger partial charge in [0.25, 0.3) is 0 Å². The van der Waals surface area contributed by atoms with Gasteiger partial charge in [0.2, 0.25) is 0 Å². The Morgan fingerprint density at radius 2 is 1.10 bits per heavy atom. The van der Waals surface area contributed by atoms with Crippen LogP contribution in [0.4, 0.5) is 0 Å². The summed E-state index contributed by atoms with van der Waals surface area (Å²) in [5.41, 5.74) is 1.27. The van der Waals surface area contributed by atoms with E-state index in [-0.39, 0.29) is 0 Å². The van der Waals surface area contributed by atoms with Gasteiger partial charge >= 0.3 is 131 Å². The molecule has 21 heavy (non-hydrogen) atoms. The average Bonchev–Trinajstić information content (AvgIpc) is 2.58. The molecule has 3 rings (SSSR count). The Morgan fingerprint density at radius 1 is 0.619 bits per heavy atom. The van der Waals surface area contributed by atoms with E-state index in [1.165, 1.54) is 18.8 Å². The van der Waals surface area contributed by atoms with Crippen LogP contribution in [0.15, 0.2) is 91.5 Å². The molecule has 0 aliphatic heterocycles. The zero-order valence-electron chi connectivity index (χ0n) is 11.9. The summed E-state index contributed by atoms with van der Waals surface area (Å²) < 4.78 is 4.47. The molecule has 3 aromatic carbocycles. The molecule has 0 saturated heterocycles. The second kappa shape index (κ2) is 6.60. The predicted octanol–water partition coefficient (Wildman–Crippen LogP) is 2.58. The summed E-state index contributed by atoms with van der Waals surface area (Å²) in [7, 11) is 0. The fourth-order valence-corrected chi connectivity index (χ4v) is 9.45. The number of hydrogen-bond donors (Lipinski definition) is 0. The Labute approximate surface area is 130 Å². The molecule has 0 bridgehead atoms. The van der Waals surface area contributed by atoms with Gasteiger partial charge in [-0.1, -0.05) is 0 Å². The van der Waals surface area contributed by atoms with Gasteiger partial charge in [-0.25, -0.2) is 0 Å². The first kappa shape index (κ1) is 13.9. The van der Waals surface area contributed by atoms with Crippen molar-refractivity contribution in [2.75, 3.05) is 0 Å². The van der Waals surface area contributed by atoms with Crippen LogP contribution in [-0.4, -0.2) is 14.3 Å². The van der Waals surface area contributed by atoms with Crippen molar-refractivity contribution in [1.82, 2.24) is 0 Å². The third-order valence-electron chi connectivity index (χ3n) is 3.79. The first-order valence-corrected chi connectivity index (χ1v) is 10.8. The molecule has 0 heterocycles. The Hall–Kier alpha value is -2.06. The summed E-state index contributed by atoms with van der Waals surface area (Å²) in [5, 5.41) is 0. The predicted molar refractivity (Wildman–Crippen MR) is 95.5 cm³/mol. The van der Waals surface area contributed by atoms with Crippen LogP contribution in [0.3, 0.4) is 0 Å². The van der Waals surface area contributed by atoms with Crippen molar-refractivity contribution in [3.05, 3.63) is 97.1 Å². The summed E-state index contributed by atoms with van der Waals surface area (Å²) in [5.74, 6) is 0. The summed E-state index contributed by atoms with van der Waals surface area (Å²) in [6, 6.07) is 30.6. The van der Waals surface area contributed by atoms with Crippen LogP contribution in [0, 0.1) is 0 Å². The standard InChI is InChI=1S/C20H18Ge/c1-2-17-11-9-10-16-20(17)21(18-12-5-3-6-13-18)19-14-7-4-8-15-19/h2-16,21H,1H2. The van der Waals surface area contributed by atoms with Crippen molar-refractivity contribution in [2.24, 2.45) is 0 Å². The SMILES string of the molecule is C=Cc1cccc[c]1[GeH]([c]1ccccc1)[c]1ccccc1. The molecular formula is C20H18Ge. The van der Waals surface area contributed by atoms with Crippen LogP contribution in [0.5, 0.6) is 0 Å². The first-order valence-electron chi connectivity index (χ1n) is 7.21. The van der Waals surface area contributed by atoms with Gasteiger partial charge in [0.05, 0.1) is 0 Å². The summed E-state index contributed by atoms with van der Waals surface area (Å²) in [4.78, 5) is 0. The maximum atomic E-state index is 3.99. The molecule has 0 N–H and O–H groups in total. The average molecular weight is 331 g/mol. The zero-order chi connectivity index (χ0) is 14.5. The minimum absolute atomic E-state index is 1.27. The Kier molecular flexibility index (Phi) is 4.37. The monoisotopic (exact) mass is 332 g/mol. The molecule has 0 saturated carbocycles. The van der Waals surface area contributed by atoms with Gasteiger partial charge in [-0.15, -0.1) is 0 Å². The fraction of sp³-hybridized carbons (Fsp3) is 0. The summed E-state index contributed by atoms with van der Waals surface area (Å²) in [6.07, 6.45) is 1.99. The number of benzene rings is 3. The van der Waals surface area contributed by atoms with Crippen molar-refractivity contribution < 1.29 is 0 Å². The van der Waals surface area contributed by atoms with Crippen LogP contribution < -0.4 is 13.2 Å². The zero-order valence-corrected chi connectivity index (χ0v) is 14.4. The molecule has 0 nitrogen and oxygen atoms in total. The Bertz CT molecular complexity index is 678. The van der Waals surface area contributed by atoms with Gasteiger partial charge in [0.1, 0.15) is 0 Å². The molecule has 3 aromatic rings. The fourth-order valence-electron chi connectivity index (χ4n) is 2.80. The molecule has 0 aliphatic rings. The van der Waals surface area contributed by atoms with Crippen LogP contribution in [0.2, 0.25) is 0 Å². The van der Waals surface area contributed by atoms with E-state index in [0.717, 1.165) is 0 Å². The molecular weight excluding hydrogens is 313 g/mol. The van der Waals surface area contributed by atoms with E-state index in [2.05, 4.69) is 91.5 Å². The molecule has 0 unspecified atom stereocenters. The molecule has 0 fully saturated rings. The van der Waals surface area contributed by atoms with Gasteiger partial charge in [0.15, 0.2) is 0 Å². The molecule has 1 heteroatoms. The van der Waals surface area contributed by atoms with Gasteiger partial charge in [-0.3, -0.25) is 0 Å². The van der Waals surface area contributed by atoms with E-state index < -0.39 is 14.3 Å². The van der Waals surface area contributed by atoms with Crippen molar-refractivity contribution in [3.8, 4) is 0 Å². The molecule has 0 amide bonds. The third-order valence-corrected chi connectivity index (χ3v) is 10.6. The van der Waals surface area contributed by atoms with E-state index in [1.807, 2.05) is 6.08 Å². The van der Waals surface area contributed by atoms with E-state index >= 15 is 0 Å². The van der Waals surface area contributed by atoms with Gasteiger partial charge in [-0.05, 0) is 0 Å². The third kappa shape index (κ3) is 3.01. The van der Waals surface area contributed by atoms with Crippen LogP contribution in [0.25, 0.3) is 6.08 Å². The van der Waals surface area contributed by atoms with Crippen molar-refractivity contribution >= 4 is 33.6 Å². The van der Waals surface area contributed by atoms with Crippen molar-refractivity contribution in [2.45, 2.75) is 0 Å². The maximum absolute atomic E-state index is 3.99. The normalized spacial score (nSPS) is 10.5. The van der Waals surface area contributed by atoms with Crippen LogP contribution in [0.1, 0.15) is 5.56 Å². The molecule has 0 aromatic heterocycles.